The fourth-order valence-electron chi connectivity index (χ4n) is 2.17. The first-order valence-corrected chi connectivity index (χ1v) is 7.95. The van der Waals surface area contributed by atoms with Gasteiger partial charge in [0.05, 0.1) is 27.0 Å². The minimum atomic E-state index is 0.512. The molecular formula is C18H24N4O3. The van der Waals surface area contributed by atoms with Crippen molar-refractivity contribution in [3.05, 3.63) is 48.3 Å². The number of guanidine groups is 1. The third-order valence-electron chi connectivity index (χ3n) is 3.46. The molecule has 1 aromatic carbocycles. The van der Waals surface area contributed by atoms with Crippen LogP contribution < -0.4 is 24.8 Å². The summed E-state index contributed by atoms with van der Waals surface area (Å²) in [6.07, 6.45) is 3.40. The van der Waals surface area contributed by atoms with E-state index < -0.39 is 0 Å². The number of rotatable bonds is 8. The number of methoxy groups -OCH3 is 2. The molecule has 134 valence electrons. The van der Waals surface area contributed by atoms with E-state index in [1.54, 1.807) is 33.7 Å². The minimum Gasteiger partial charge on any atom is -0.497 e. The highest BCUT2D eigenvalue weighted by Crippen LogP contribution is 2.24. The Hall–Kier alpha value is -2.96. The summed E-state index contributed by atoms with van der Waals surface area (Å²) < 4.78 is 16.2. The molecule has 0 spiro atoms. The Kier molecular flexibility index (Phi) is 7.37. The van der Waals surface area contributed by atoms with Crippen LogP contribution in [-0.4, -0.2) is 45.4 Å². The molecule has 2 aromatic rings. The van der Waals surface area contributed by atoms with Crippen LogP contribution in [0.5, 0.6) is 17.2 Å². The first-order valence-electron chi connectivity index (χ1n) is 7.95. The standard InChI is InChI=1S/C18H24N4O3/c1-19-18(21-9-10-25-16-5-4-8-20-13-16)22-12-14-6-7-15(23-2)11-17(14)24-3/h4-8,11,13H,9-10,12H2,1-3H3,(H2,19,21,22). The topological polar surface area (TPSA) is 77.0 Å². The van der Waals surface area contributed by atoms with Crippen LogP contribution in [0.4, 0.5) is 0 Å². The largest absolute Gasteiger partial charge is 0.497 e. The molecular weight excluding hydrogens is 320 g/mol. The minimum absolute atomic E-state index is 0.512. The van der Waals surface area contributed by atoms with E-state index in [1.807, 2.05) is 30.3 Å². The highest BCUT2D eigenvalue weighted by atomic mass is 16.5. The van der Waals surface area contributed by atoms with Gasteiger partial charge in [-0.15, -0.1) is 0 Å². The number of nitrogens with one attached hydrogen (secondary N) is 2. The molecule has 0 saturated carbocycles. The lowest BCUT2D eigenvalue weighted by atomic mass is 10.2. The molecule has 2 N–H and O–H groups in total. The molecule has 0 amide bonds. The Labute approximate surface area is 148 Å². The summed E-state index contributed by atoms with van der Waals surface area (Å²) >= 11 is 0. The van der Waals surface area contributed by atoms with Crippen LogP contribution in [0.1, 0.15) is 5.56 Å². The fraction of sp³-hybridized carbons (Fsp3) is 0.333. The molecule has 0 aliphatic heterocycles. The van der Waals surface area contributed by atoms with E-state index in [0.717, 1.165) is 22.8 Å². The zero-order valence-electron chi connectivity index (χ0n) is 14.8. The first kappa shape index (κ1) is 18.4. The average Bonchev–Trinajstić information content (AvgIpc) is 2.68. The van der Waals surface area contributed by atoms with Gasteiger partial charge in [0.15, 0.2) is 5.96 Å². The summed E-state index contributed by atoms with van der Waals surface area (Å²) in [6.45, 7) is 1.71. The molecule has 0 atom stereocenters. The highest BCUT2D eigenvalue weighted by Gasteiger charge is 2.06. The van der Waals surface area contributed by atoms with Gasteiger partial charge in [0.25, 0.3) is 0 Å². The summed E-state index contributed by atoms with van der Waals surface area (Å²) in [5, 5.41) is 6.44. The Morgan fingerprint density at radius 3 is 2.68 bits per heavy atom. The van der Waals surface area contributed by atoms with Crippen molar-refractivity contribution >= 4 is 5.96 Å². The molecule has 0 radical (unpaired) electrons. The van der Waals surface area contributed by atoms with Crippen molar-refractivity contribution in [3.63, 3.8) is 0 Å². The van der Waals surface area contributed by atoms with Crippen molar-refractivity contribution in [2.24, 2.45) is 4.99 Å². The second-order valence-corrected chi connectivity index (χ2v) is 5.07. The molecule has 25 heavy (non-hydrogen) atoms. The van der Waals surface area contributed by atoms with Crippen molar-refractivity contribution in [2.75, 3.05) is 34.4 Å². The number of pyridine rings is 1. The van der Waals surface area contributed by atoms with E-state index >= 15 is 0 Å². The molecule has 0 aliphatic rings. The SMILES string of the molecule is CN=C(NCCOc1cccnc1)NCc1ccc(OC)cc1OC. The Morgan fingerprint density at radius 1 is 1.12 bits per heavy atom. The van der Waals surface area contributed by atoms with Crippen LogP contribution >= 0.6 is 0 Å². The lowest BCUT2D eigenvalue weighted by Gasteiger charge is -2.14. The van der Waals surface area contributed by atoms with Gasteiger partial charge in [-0.3, -0.25) is 9.98 Å². The third-order valence-corrected chi connectivity index (χ3v) is 3.46. The van der Waals surface area contributed by atoms with E-state index in [9.17, 15) is 0 Å². The monoisotopic (exact) mass is 344 g/mol. The maximum absolute atomic E-state index is 5.58. The van der Waals surface area contributed by atoms with Gasteiger partial charge in [-0.25, -0.2) is 0 Å². The van der Waals surface area contributed by atoms with E-state index in [1.165, 1.54) is 0 Å². The maximum Gasteiger partial charge on any atom is 0.191 e. The summed E-state index contributed by atoms with van der Waals surface area (Å²) in [6, 6.07) is 9.43. The molecule has 0 aliphatic carbocycles. The lowest BCUT2D eigenvalue weighted by molar-refractivity contribution is 0.320. The zero-order valence-corrected chi connectivity index (χ0v) is 14.8. The molecule has 1 aromatic heterocycles. The van der Waals surface area contributed by atoms with Crippen LogP contribution in [0.2, 0.25) is 0 Å². The van der Waals surface area contributed by atoms with Gasteiger partial charge in [-0.1, -0.05) is 0 Å². The van der Waals surface area contributed by atoms with Gasteiger partial charge in [-0.2, -0.15) is 0 Å². The van der Waals surface area contributed by atoms with E-state index in [-0.39, 0.29) is 0 Å². The number of benzene rings is 1. The number of ether oxygens (including phenoxy) is 3. The van der Waals surface area contributed by atoms with Gasteiger partial charge >= 0.3 is 0 Å². The van der Waals surface area contributed by atoms with Crippen LogP contribution in [0.15, 0.2) is 47.7 Å². The molecule has 7 heteroatoms. The molecule has 7 nitrogen and oxygen atoms in total. The van der Waals surface area contributed by atoms with E-state index in [4.69, 9.17) is 14.2 Å². The van der Waals surface area contributed by atoms with Crippen molar-refractivity contribution in [1.82, 2.24) is 15.6 Å². The summed E-state index contributed by atoms with van der Waals surface area (Å²) in [4.78, 5) is 8.20. The smallest absolute Gasteiger partial charge is 0.191 e. The van der Waals surface area contributed by atoms with Gasteiger partial charge in [-0.05, 0) is 24.3 Å². The molecule has 0 saturated heterocycles. The van der Waals surface area contributed by atoms with Crippen LogP contribution in [0.25, 0.3) is 0 Å². The van der Waals surface area contributed by atoms with Crippen molar-refractivity contribution < 1.29 is 14.2 Å². The van der Waals surface area contributed by atoms with Crippen LogP contribution in [0, 0.1) is 0 Å². The Balaban J connectivity index is 1.78. The van der Waals surface area contributed by atoms with Crippen LogP contribution in [-0.2, 0) is 6.54 Å². The Morgan fingerprint density at radius 2 is 2.00 bits per heavy atom. The molecule has 0 fully saturated rings. The number of aliphatic imine (C=N–C) groups is 1. The predicted octanol–water partition coefficient (Wildman–Crippen LogP) is 1.84. The predicted molar refractivity (Wildman–Crippen MR) is 97.5 cm³/mol. The average molecular weight is 344 g/mol. The van der Waals surface area contributed by atoms with E-state index in [2.05, 4.69) is 20.6 Å². The lowest BCUT2D eigenvalue weighted by Crippen LogP contribution is -2.38. The highest BCUT2D eigenvalue weighted by molar-refractivity contribution is 5.79. The third kappa shape index (κ3) is 5.87. The van der Waals surface area contributed by atoms with Crippen LogP contribution in [0.3, 0.4) is 0 Å². The van der Waals surface area contributed by atoms with Crippen molar-refractivity contribution in [2.45, 2.75) is 6.54 Å². The van der Waals surface area contributed by atoms with Crippen molar-refractivity contribution in [3.8, 4) is 17.2 Å². The number of aromatic nitrogens is 1. The first-order chi connectivity index (χ1) is 12.3. The number of hydrogen-bond acceptors (Lipinski definition) is 5. The number of nitrogens with zero attached hydrogens (tertiary/aromatic N) is 2. The fourth-order valence-corrected chi connectivity index (χ4v) is 2.17. The van der Waals surface area contributed by atoms with Gasteiger partial charge in [0, 0.05) is 31.4 Å². The number of hydrogen-bond donors (Lipinski definition) is 2. The summed E-state index contributed by atoms with van der Waals surface area (Å²) in [5.41, 5.74) is 1.01. The summed E-state index contributed by atoms with van der Waals surface area (Å²) in [5.74, 6) is 2.96. The van der Waals surface area contributed by atoms with Gasteiger partial charge in [0.1, 0.15) is 23.9 Å². The van der Waals surface area contributed by atoms with Gasteiger partial charge < -0.3 is 24.8 Å². The zero-order chi connectivity index (χ0) is 17.9. The Bertz CT molecular complexity index is 677. The molecule has 2 rings (SSSR count). The van der Waals surface area contributed by atoms with E-state index in [0.29, 0.717) is 25.7 Å². The van der Waals surface area contributed by atoms with Gasteiger partial charge in [0.2, 0.25) is 0 Å². The summed E-state index contributed by atoms with van der Waals surface area (Å²) in [7, 11) is 5.00. The molecule has 1 heterocycles. The second-order valence-electron chi connectivity index (χ2n) is 5.07. The molecule has 0 bridgehead atoms. The second kappa shape index (κ2) is 10.0. The normalized spacial score (nSPS) is 10.9. The quantitative estimate of drug-likeness (QED) is 0.432. The maximum atomic E-state index is 5.58. The van der Waals surface area contributed by atoms with Crippen molar-refractivity contribution in [1.29, 1.82) is 0 Å². The molecule has 0 unspecified atom stereocenters.